The van der Waals surface area contributed by atoms with E-state index in [2.05, 4.69) is 217 Å². The van der Waals surface area contributed by atoms with E-state index in [4.69, 9.17) is 0 Å². The second-order valence-corrected chi connectivity index (χ2v) is 13.7. The summed E-state index contributed by atoms with van der Waals surface area (Å²) in [4.78, 5) is 2.41. The van der Waals surface area contributed by atoms with E-state index in [-0.39, 0.29) is 0 Å². The number of anilines is 3. The molecule has 0 aliphatic heterocycles. The van der Waals surface area contributed by atoms with Crippen LogP contribution in [0.2, 0.25) is 0 Å². The predicted molar refractivity (Wildman–Crippen MR) is 227 cm³/mol. The molecular formula is C52H35N. The Balaban J connectivity index is 1.17. The summed E-state index contributed by atoms with van der Waals surface area (Å²) in [6, 6.07) is 72.7. The van der Waals surface area contributed by atoms with Gasteiger partial charge in [0.25, 0.3) is 0 Å². The Morgan fingerprint density at radius 3 is 1.25 bits per heavy atom. The number of rotatable bonds is 7. The molecule has 1 aliphatic carbocycles. The van der Waals surface area contributed by atoms with Crippen LogP contribution in [0.1, 0.15) is 11.1 Å². The zero-order chi connectivity index (χ0) is 35.1. The van der Waals surface area contributed by atoms with E-state index in [1.807, 2.05) is 0 Å². The highest BCUT2D eigenvalue weighted by Gasteiger charge is 2.21. The number of benzene rings is 9. The molecule has 0 bridgehead atoms. The van der Waals surface area contributed by atoms with Crippen molar-refractivity contribution in [2.24, 2.45) is 0 Å². The first-order valence-corrected chi connectivity index (χ1v) is 18.3. The summed E-state index contributed by atoms with van der Waals surface area (Å²) in [5.41, 5.74) is 15.7. The third kappa shape index (κ3) is 5.42. The van der Waals surface area contributed by atoms with Gasteiger partial charge in [-0.1, -0.05) is 182 Å². The standard InChI is InChI=1S/C52H35N/c1-4-12-36(13-5-1)38-22-28-43(29-23-38)53(44-30-24-39(25-31-44)37-14-6-2-7-15-37)50-35-34-47(46-18-10-11-19-48(46)50)49-33-27-42-21-20-41-26-32-45(52(49)51(41)42)40-16-8-3-9-17-40/h1-35H. The van der Waals surface area contributed by atoms with Crippen molar-refractivity contribution in [2.75, 3.05) is 4.90 Å². The third-order valence-electron chi connectivity index (χ3n) is 10.6. The van der Waals surface area contributed by atoms with E-state index < -0.39 is 0 Å². The quantitative estimate of drug-likeness (QED) is 0.163. The molecule has 53 heavy (non-hydrogen) atoms. The van der Waals surface area contributed by atoms with Crippen LogP contribution < -0.4 is 4.90 Å². The maximum absolute atomic E-state index is 2.41. The molecule has 0 atom stereocenters. The Kier molecular flexibility index (Phi) is 7.55. The molecule has 9 aromatic carbocycles. The number of fused-ring (bicyclic) bond motifs is 1. The maximum atomic E-state index is 2.41. The van der Waals surface area contributed by atoms with Crippen LogP contribution in [-0.4, -0.2) is 0 Å². The maximum Gasteiger partial charge on any atom is 0.0540 e. The van der Waals surface area contributed by atoms with Gasteiger partial charge in [0.05, 0.1) is 5.69 Å². The average molecular weight is 674 g/mol. The summed E-state index contributed by atoms with van der Waals surface area (Å²) in [7, 11) is 0. The second-order valence-electron chi connectivity index (χ2n) is 13.7. The Morgan fingerprint density at radius 1 is 0.264 bits per heavy atom. The highest BCUT2D eigenvalue weighted by Crippen LogP contribution is 2.47. The van der Waals surface area contributed by atoms with Gasteiger partial charge in [-0.25, -0.2) is 0 Å². The summed E-state index contributed by atoms with van der Waals surface area (Å²) in [5, 5.41) is 5.06. The first kappa shape index (κ1) is 30.8. The van der Waals surface area contributed by atoms with Crippen molar-refractivity contribution < 1.29 is 0 Å². The predicted octanol–water partition coefficient (Wildman–Crippen LogP) is 14.6. The largest absolute Gasteiger partial charge is 0.310 e. The van der Waals surface area contributed by atoms with E-state index in [9.17, 15) is 0 Å². The molecule has 0 unspecified atom stereocenters. The normalized spacial score (nSPS) is 11.7. The molecule has 10 rings (SSSR count). The summed E-state index contributed by atoms with van der Waals surface area (Å²) in [6.07, 6.45) is 4.50. The molecule has 0 radical (unpaired) electrons. The van der Waals surface area contributed by atoms with Gasteiger partial charge in [0.1, 0.15) is 0 Å². The van der Waals surface area contributed by atoms with Crippen molar-refractivity contribution in [2.45, 2.75) is 0 Å². The Labute approximate surface area is 310 Å². The van der Waals surface area contributed by atoms with E-state index in [1.54, 1.807) is 0 Å². The summed E-state index contributed by atoms with van der Waals surface area (Å²) >= 11 is 0. The van der Waals surface area contributed by atoms with Crippen LogP contribution >= 0.6 is 0 Å². The van der Waals surface area contributed by atoms with E-state index in [0.29, 0.717) is 0 Å². The number of hydrogen-bond acceptors (Lipinski definition) is 1. The lowest BCUT2D eigenvalue weighted by Crippen LogP contribution is -2.10. The monoisotopic (exact) mass is 673 g/mol. The minimum atomic E-state index is 1.11. The summed E-state index contributed by atoms with van der Waals surface area (Å²) < 4.78 is 0. The highest BCUT2D eigenvalue weighted by atomic mass is 15.1. The number of hydrogen-bond donors (Lipinski definition) is 0. The molecule has 1 nitrogen and oxygen atoms in total. The minimum Gasteiger partial charge on any atom is -0.310 e. The zero-order valence-electron chi connectivity index (χ0n) is 29.2. The molecule has 0 N–H and O–H groups in total. The molecule has 0 heterocycles. The van der Waals surface area contributed by atoms with Crippen molar-refractivity contribution in [1.29, 1.82) is 0 Å². The second kappa shape index (κ2) is 13.0. The van der Waals surface area contributed by atoms with Crippen LogP contribution in [0.4, 0.5) is 17.1 Å². The van der Waals surface area contributed by atoms with Crippen molar-refractivity contribution >= 4 is 50.8 Å². The van der Waals surface area contributed by atoms with Crippen molar-refractivity contribution in [3.63, 3.8) is 0 Å². The topological polar surface area (TPSA) is 3.24 Å². The Morgan fingerprint density at radius 2 is 0.698 bits per heavy atom. The van der Waals surface area contributed by atoms with Crippen molar-refractivity contribution in [3.8, 4) is 44.5 Å². The van der Waals surface area contributed by atoms with Gasteiger partial charge >= 0.3 is 0 Å². The molecule has 9 aromatic rings. The molecule has 248 valence electrons. The van der Waals surface area contributed by atoms with E-state index in [1.165, 1.54) is 77.2 Å². The first-order chi connectivity index (χ1) is 26.3. The van der Waals surface area contributed by atoms with Crippen LogP contribution in [0, 0.1) is 0 Å². The lowest BCUT2D eigenvalue weighted by molar-refractivity contribution is 1.30. The minimum absolute atomic E-state index is 1.11. The van der Waals surface area contributed by atoms with Crippen LogP contribution in [0.5, 0.6) is 0 Å². The van der Waals surface area contributed by atoms with Gasteiger partial charge in [-0.2, -0.15) is 0 Å². The van der Waals surface area contributed by atoms with E-state index in [0.717, 1.165) is 17.1 Å². The third-order valence-corrected chi connectivity index (χ3v) is 10.6. The Bertz CT molecular complexity index is 2690. The SMILES string of the molecule is C1=Cc2ccc(-c3ccc(N(c4ccc(-c5ccccc5)cc4)c4ccc(-c5ccccc5)cc4)c4ccccc34)c3c(-c4ccccc4)ccc1c23. The van der Waals surface area contributed by atoms with Gasteiger partial charge in [0.2, 0.25) is 0 Å². The molecule has 0 spiro atoms. The van der Waals surface area contributed by atoms with Gasteiger partial charge < -0.3 is 4.90 Å². The van der Waals surface area contributed by atoms with Crippen LogP contribution in [-0.2, 0) is 0 Å². The van der Waals surface area contributed by atoms with Crippen LogP contribution in [0.3, 0.4) is 0 Å². The summed E-state index contributed by atoms with van der Waals surface area (Å²) in [5.74, 6) is 0. The molecule has 0 amide bonds. The molecule has 1 aliphatic rings. The molecule has 1 heteroatoms. The van der Waals surface area contributed by atoms with E-state index >= 15 is 0 Å². The van der Waals surface area contributed by atoms with Crippen molar-refractivity contribution in [1.82, 2.24) is 0 Å². The zero-order valence-corrected chi connectivity index (χ0v) is 29.2. The van der Waals surface area contributed by atoms with Crippen molar-refractivity contribution in [3.05, 3.63) is 211 Å². The fourth-order valence-corrected chi connectivity index (χ4v) is 8.10. The van der Waals surface area contributed by atoms with Gasteiger partial charge in [-0.3, -0.25) is 0 Å². The van der Waals surface area contributed by atoms with Gasteiger partial charge in [0.15, 0.2) is 0 Å². The molecule has 0 saturated heterocycles. The molecule has 0 aromatic heterocycles. The fraction of sp³-hybridized carbons (Fsp3) is 0. The average Bonchev–Trinajstić information content (AvgIpc) is 3.67. The number of nitrogens with zero attached hydrogens (tertiary/aromatic N) is 1. The lowest BCUT2D eigenvalue weighted by atomic mass is 9.87. The first-order valence-electron chi connectivity index (χ1n) is 18.3. The smallest absolute Gasteiger partial charge is 0.0540 e. The summed E-state index contributed by atoms with van der Waals surface area (Å²) in [6.45, 7) is 0. The van der Waals surface area contributed by atoms with Gasteiger partial charge in [-0.05, 0) is 102 Å². The van der Waals surface area contributed by atoms with Crippen LogP contribution in [0.25, 0.3) is 78.2 Å². The molecule has 0 fully saturated rings. The lowest BCUT2D eigenvalue weighted by Gasteiger charge is -2.28. The highest BCUT2D eigenvalue weighted by molar-refractivity contribution is 6.19. The van der Waals surface area contributed by atoms with Gasteiger partial charge in [0, 0.05) is 16.8 Å². The molecular weight excluding hydrogens is 639 g/mol. The van der Waals surface area contributed by atoms with Crippen LogP contribution in [0.15, 0.2) is 200 Å². The molecule has 0 saturated carbocycles. The fourth-order valence-electron chi connectivity index (χ4n) is 8.10. The Hall–Kier alpha value is -6.96. The van der Waals surface area contributed by atoms with Gasteiger partial charge in [-0.15, -0.1) is 0 Å².